The minimum Gasteiger partial charge on any atom is -0.347 e. The fraction of sp³-hybridized carbons (Fsp3) is 0.222. The van der Waals surface area contributed by atoms with Gasteiger partial charge in [-0.05, 0) is 17.7 Å². The highest BCUT2D eigenvalue weighted by molar-refractivity contribution is 5.93. The molecule has 1 amide bonds. The van der Waals surface area contributed by atoms with Gasteiger partial charge in [0.25, 0.3) is 5.91 Å². The molecule has 3 aromatic rings. The van der Waals surface area contributed by atoms with Gasteiger partial charge in [0, 0.05) is 32.2 Å². The zero-order valence-electron chi connectivity index (χ0n) is 13.0. The van der Waals surface area contributed by atoms with Crippen LogP contribution in [0.3, 0.4) is 0 Å². The van der Waals surface area contributed by atoms with Crippen LogP contribution in [0.2, 0.25) is 0 Å². The highest BCUT2D eigenvalue weighted by Crippen LogP contribution is 2.30. The summed E-state index contributed by atoms with van der Waals surface area (Å²) in [5, 5.41) is 0. The largest absolute Gasteiger partial charge is 0.347 e. The van der Waals surface area contributed by atoms with Crippen LogP contribution in [-0.2, 0) is 20.1 Å². The number of aryl methyl sites for hydroxylation is 1. The lowest BCUT2D eigenvalue weighted by Gasteiger charge is -2.36. The lowest BCUT2D eigenvalue weighted by Crippen LogP contribution is -2.41. The van der Waals surface area contributed by atoms with E-state index < -0.39 is 0 Å². The molecule has 0 spiro atoms. The molecule has 1 aromatic carbocycles. The monoisotopic (exact) mass is 306 g/mol. The van der Waals surface area contributed by atoms with E-state index in [2.05, 4.69) is 21.7 Å². The van der Waals surface area contributed by atoms with Gasteiger partial charge in [-0.2, -0.15) is 0 Å². The first-order valence-electron chi connectivity index (χ1n) is 7.71. The molecule has 0 bridgehead atoms. The Hall–Kier alpha value is -2.82. The maximum Gasteiger partial charge on any atom is 0.271 e. The van der Waals surface area contributed by atoms with Gasteiger partial charge in [0.2, 0.25) is 0 Å². The van der Waals surface area contributed by atoms with Crippen molar-refractivity contribution >= 4 is 5.91 Å². The minimum absolute atomic E-state index is 0.0142. The van der Waals surface area contributed by atoms with E-state index in [-0.39, 0.29) is 11.9 Å². The number of amides is 1. The maximum absolute atomic E-state index is 13.1. The average Bonchev–Trinajstić information content (AvgIpc) is 3.22. The fourth-order valence-corrected chi connectivity index (χ4v) is 3.21. The lowest BCUT2D eigenvalue weighted by atomic mass is 10.0. The number of carbonyl (C=O) groups excluding carboxylic acids is 1. The predicted molar refractivity (Wildman–Crippen MR) is 86.7 cm³/mol. The molecule has 4 rings (SSSR count). The molecule has 0 saturated carbocycles. The molecule has 0 aliphatic carbocycles. The molecule has 0 fully saturated rings. The number of fused-ring (bicyclic) bond motifs is 1. The maximum atomic E-state index is 13.1. The lowest BCUT2D eigenvalue weighted by molar-refractivity contribution is 0.0574. The van der Waals surface area contributed by atoms with Crippen LogP contribution in [0.5, 0.6) is 0 Å². The smallest absolute Gasteiger partial charge is 0.271 e. The Labute approximate surface area is 134 Å². The van der Waals surface area contributed by atoms with E-state index in [1.807, 2.05) is 59.2 Å². The zero-order chi connectivity index (χ0) is 15.8. The van der Waals surface area contributed by atoms with Crippen molar-refractivity contribution in [2.75, 3.05) is 0 Å². The predicted octanol–water partition coefficient (Wildman–Crippen LogP) is 2.62. The van der Waals surface area contributed by atoms with Crippen LogP contribution in [0, 0.1) is 0 Å². The molecule has 1 aliphatic rings. The number of carbonyl (C=O) groups is 1. The second kappa shape index (κ2) is 5.43. The summed E-state index contributed by atoms with van der Waals surface area (Å²) in [6, 6.07) is 14.0. The van der Waals surface area contributed by atoms with Crippen molar-refractivity contribution in [3.8, 4) is 0 Å². The number of aromatic nitrogens is 3. The van der Waals surface area contributed by atoms with E-state index in [9.17, 15) is 4.79 Å². The Morgan fingerprint density at radius 3 is 2.70 bits per heavy atom. The van der Waals surface area contributed by atoms with Crippen LogP contribution >= 0.6 is 0 Å². The summed E-state index contributed by atoms with van der Waals surface area (Å²) in [5.41, 5.74) is 1.85. The summed E-state index contributed by atoms with van der Waals surface area (Å²) in [6.07, 6.45) is 5.68. The Bertz CT molecular complexity index is 834. The SMILES string of the molecule is Cn1cccc1C(=O)N1Cc2nccn2C[C@@H]1c1ccccc1. The van der Waals surface area contributed by atoms with Crippen molar-refractivity contribution in [2.24, 2.45) is 7.05 Å². The molecular weight excluding hydrogens is 288 g/mol. The number of benzene rings is 1. The summed E-state index contributed by atoms with van der Waals surface area (Å²) >= 11 is 0. The van der Waals surface area contributed by atoms with Gasteiger partial charge in [-0.1, -0.05) is 30.3 Å². The second-order valence-corrected chi connectivity index (χ2v) is 5.86. The van der Waals surface area contributed by atoms with Crippen molar-refractivity contribution < 1.29 is 4.79 Å². The van der Waals surface area contributed by atoms with Gasteiger partial charge < -0.3 is 14.0 Å². The van der Waals surface area contributed by atoms with Crippen LogP contribution in [0.25, 0.3) is 0 Å². The van der Waals surface area contributed by atoms with Gasteiger partial charge in [0.05, 0.1) is 12.6 Å². The molecule has 2 aromatic heterocycles. The third-order valence-electron chi connectivity index (χ3n) is 4.47. The summed E-state index contributed by atoms with van der Waals surface area (Å²) in [6.45, 7) is 1.26. The zero-order valence-corrected chi connectivity index (χ0v) is 13.0. The molecule has 0 saturated heterocycles. The third-order valence-corrected chi connectivity index (χ3v) is 4.47. The van der Waals surface area contributed by atoms with Gasteiger partial charge >= 0.3 is 0 Å². The van der Waals surface area contributed by atoms with Crippen molar-refractivity contribution in [2.45, 2.75) is 19.1 Å². The Kier molecular flexibility index (Phi) is 3.26. The summed E-state index contributed by atoms with van der Waals surface area (Å²) in [5.74, 6) is 0.973. The van der Waals surface area contributed by atoms with Crippen LogP contribution in [0.4, 0.5) is 0 Å². The first-order valence-corrected chi connectivity index (χ1v) is 7.71. The van der Waals surface area contributed by atoms with E-state index in [1.54, 1.807) is 6.20 Å². The van der Waals surface area contributed by atoms with Crippen molar-refractivity contribution in [3.63, 3.8) is 0 Å². The molecule has 0 unspecified atom stereocenters. The first kappa shape index (κ1) is 13.8. The molecule has 1 atom stereocenters. The molecular formula is C18H18N4O. The number of nitrogens with zero attached hydrogens (tertiary/aromatic N) is 4. The van der Waals surface area contributed by atoms with Crippen molar-refractivity contribution in [1.29, 1.82) is 0 Å². The highest BCUT2D eigenvalue weighted by Gasteiger charge is 2.32. The third kappa shape index (κ3) is 2.34. The second-order valence-electron chi connectivity index (χ2n) is 5.86. The molecule has 5 heteroatoms. The Balaban J connectivity index is 1.75. The molecule has 0 N–H and O–H groups in total. The molecule has 0 radical (unpaired) electrons. The summed E-state index contributed by atoms with van der Waals surface area (Å²) < 4.78 is 4.00. The quantitative estimate of drug-likeness (QED) is 0.730. The highest BCUT2D eigenvalue weighted by atomic mass is 16.2. The molecule has 116 valence electrons. The van der Waals surface area contributed by atoms with E-state index in [4.69, 9.17) is 0 Å². The molecule has 1 aliphatic heterocycles. The standard InChI is InChI=1S/C18H18N4O/c1-20-10-5-8-15(20)18(23)22-13-17-19-9-11-21(17)12-16(22)14-6-3-2-4-7-14/h2-11,16H,12-13H2,1H3/t16-/m1/s1. The topological polar surface area (TPSA) is 43.1 Å². The number of hydrogen-bond donors (Lipinski definition) is 0. The molecule has 5 nitrogen and oxygen atoms in total. The molecule has 3 heterocycles. The van der Waals surface area contributed by atoms with Gasteiger partial charge in [0.15, 0.2) is 0 Å². The molecule has 23 heavy (non-hydrogen) atoms. The summed E-state index contributed by atoms with van der Waals surface area (Å²) in [7, 11) is 1.90. The van der Waals surface area contributed by atoms with Crippen LogP contribution in [0.1, 0.15) is 27.9 Å². The van der Waals surface area contributed by atoms with Crippen LogP contribution in [-0.4, -0.2) is 24.9 Å². The van der Waals surface area contributed by atoms with E-state index >= 15 is 0 Å². The van der Waals surface area contributed by atoms with Crippen LogP contribution < -0.4 is 0 Å². The minimum atomic E-state index is 0.0142. The number of rotatable bonds is 2. The van der Waals surface area contributed by atoms with Gasteiger partial charge in [-0.25, -0.2) is 4.98 Å². The van der Waals surface area contributed by atoms with E-state index in [0.29, 0.717) is 12.2 Å². The van der Waals surface area contributed by atoms with Gasteiger partial charge in [-0.15, -0.1) is 0 Å². The van der Waals surface area contributed by atoms with Crippen molar-refractivity contribution in [1.82, 2.24) is 19.0 Å². The van der Waals surface area contributed by atoms with Gasteiger partial charge in [0.1, 0.15) is 11.5 Å². The van der Waals surface area contributed by atoms with E-state index in [1.165, 1.54) is 0 Å². The summed E-state index contributed by atoms with van der Waals surface area (Å²) in [4.78, 5) is 19.4. The van der Waals surface area contributed by atoms with E-state index in [0.717, 1.165) is 17.9 Å². The van der Waals surface area contributed by atoms with Crippen molar-refractivity contribution in [3.05, 3.63) is 78.1 Å². The first-order chi connectivity index (χ1) is 11.2. The normalized spacial score (nSPS) is 17.1. The fourth-order valence-electron chi connectivity index (χ4n) is 3.21. The number of imidazole rings is 1. The number of hydrogen-bond acceptors (Lipinski definition) is 2. The average molecular weight is 306 g/mol. The van der Waals surface area contributed by atoms with Crippen LogP contribution in [0.15, 0.2) is 61.1 Å². The van der Waals surface area contributed by atoms with Gasteiger partial charge in [-0.3, -0.25) is 4.79 Å². The Morgan fingerprint density at radius 1 is 1.13 bits per heavy atom. The Morgan fingerprint density at radius 2 is 1.96 bits per heavy atom.